The first kappa shape index (κ1) is 13.2. The number of fused-ring (bicyclic) bond motifs is 3. The molecule has 0 spiro atoms. The van der Waals surface area contributed by atoms with Gasteiger partial charge >= 0.3 is 0 Å². The van der Waals surface area contributed by atoms with Crippen LogP contribution in [0.4, 0.5) is 0 Å². The van der Waals surface area contributed by atoms with Crippen molar-refractivity contribution < 1.29 is 9.15 Å². The molecule has 112 valence electrons. The molecule has 3 heteroatoms. The summed E-state index contributed by atoms with van der Waals surface area (Å²) in [4.78, 5) is 0. The molecule has 2 heterocycles. The smallest absolute Gasteiger partial charge is 0.176 e. The SMILES string of the molecule is COc1cc(C2CCNCC2)cc2c3c(oc12)CCCC3. The zero-order chi connectivity index (χ0) is 14.2. The number of rotatable bonds is 2. The largest absolute Gasteiger partial charge is 0.493 e. The van der Waals surface area contributed by atoms with E-state index in [0.717, 1.165) is 37.3 Å². The van der Waals surface area contributed by atoms with Gasteiger partial charge in [0.1, 0.15) is 5.76 Å². The number of aryl methyl sites for hydroxylation is 2. The minimum absolute atomic E-state index is 0.652. The molecular weight excluding hydrogens is 262 g/mol. The standard InChI is InChI=1S/C18H23NO2/c1-20-17-11-13(12-6-8-19-9-7-12)10-15-14-4-2-3-5-16(14)21-18(15)17/h10-12,19H,2-9H2,1H3. The van der Waals surface area contributed by atoms with Crippen LogP contribution < -0.4 is 10.1 Å². The molecule has 1 N–H and O–H groups in total. The second-order valence-electron chi connectivity index (χ2n) is 6.34. The minimum Gasteiger partial charge on any atom is -0.493 e. The lowest BCUT2D eigenvalue weighted by Gasteiger charge is -2.23. The molecule has 1 aliphatic heterocycles. The highest BCUT2D eigenvalue weighted by atomic mass is 16.5. The molecule has 3 nitrogen and oxygen atoms in total. The first-order valence-corrected chi connectivity index (χ1v) is 8.19. The number of benzene rings is 1. The van der Waals surface area contributed by atoms with E-state index in [1.54, 1.807) is 7.11 Å². The Bertz CT molecular complexity index is 653. The van der Waals surface area contributed by atoms with E-state index in [-0.39, 0.29) is 0 Å². The summed E-state index contributed by atoms with van der Waals surface area (Å²) >= 11 is 0. The minimum atomic E-state index is 0.652. The molecule has 1 aromatic carbocycles. The van der Waals surface area contributed by atoms with Crippen molar-refractivity contribution >= 4 is 11.0 Å². The highest BCUT2D eigenvalue weighted by Crippen LogP contribution is 2.40. The van der Waals surface area contributed by atoms with Crippen LogP contribution in [0.2, 0.25) is 0 Å². The highest BCUT2D eigenvalue weighted by Gasteiger charge is 2.23. The van der Waals surface area contributed by atoms with Crippen molar-refractivity contribution in [2.24, 2.45) is 0 Å². The van der Waals surface area contributed by atoms with E-state index in [4.69, 9.17) is 9.15 Å². The number of hydrogen-bond acceptors (Lipinski definition) is 3. The predicted molar refractivity (Wildman–Crippen MR) is 84.3 cm³/mol. The Balaban J connectivity index is 1.85. The third-order valence-electron chi connectivity index (χ3n) is 5.08. The third-order valence-corrected chi connectivity index (χ3v) is 5.08. The molecule has 0 bridgehead atoms. The van der Waals surface area contributed by atoms with Crippen LogP contribution in [0.5, 0.6) is 5.75 Å². The molecule has 2 aliphatic rings. The van der Waals surface area contributed by atoms with Gasteiger partial charge in [-0.1, -0.05) is 0 Å². The Hall–Kier alpha value is -1.48. The van der Waals surface area contributed by atoms with E-state index in [0.29, 0.717) is 5.92 Å². The van der Waals surface area contributed by atoms with Gasteiger partial charge in [-0.15, -0.1) is 0 Å². The van der Waals surface area contributed by atoms with E-state index >= 15 is 0 Å². The van der Waals surface area contributed by atoms with Crippen LogP contribution in [0, 0.1) is 0 Å². The zero-order valence-electron chi connectivity index (χ0n) is 12.7. The van der Waals surface area contributed by atoms with Gasteiger partial charge in [-0.05, 0) is 68.8 Å². The summed E-state index contributed by atoms with van der Waals surface area (Å²) in [5, 5.41) is 4.75. The molecule has 4 rings (SSSR count). The monoisotopic (exact) mass is 285 g/mol. The molecular formula is C18H23NO2. The van der Waals surface area contributed by atoms with Crippen molar-refractivity contribution in [3.8, 4) is 5.75 Å². The molecule has 0 atom stereocenters. The maximum atomic E-state index is 6.12. The molecule has 21 heavy (non-hydrogen) atoms. The Morgan fingerprint density at radius 2 is 1.95 bits per heavy atom. The van der Waals surface area contributed by atoms with Gasteiger partial charge in [0.05, 0.1) is 7.11 Å². The van der Waals surface area contributed by atoms with Crippen molar-refractivity contribution in [1.29, 1.82) is 0 Å². The topological polar surface area (TPSA) is 34.4 Å². The first-order chi connectivity index (χ1) is 10.4. The molecule has 0 saturated carbocycles. The van der Waals surface area contributed by atoms with Gasteiger partial charge in [0.2, 0.25) is 0 Å². The fourth-order valence-electron chi connectivity index (χ4n) is 3.89. The second kappa shape index (κ2) is 5.38. The van der Waals surface area contributed by atoms with E-state index in [9.17, 15) is 0 Å². The summed E-state index contributed by atoms with van der Waals surface area (Å²) in [6.45, 7) is 2.24. The molecule has 0 unspecified atom stereocenters. The van der Waals surface area contributed by atoms with Gasteiger partial charge in [-0.2, -0.15) is 0 Å². The van der Waals surface area contributed by atoms with Crippen molar-refractivity contribution in [2.45, 2.75) is 44.4 Å². The lowest BCUT2D eigenvalue weighted by molar-refractivity contribution is 0.403. The number of ether oxygens (including phenoxy) is 1. The summed E-state index contributed by atoms with van der Waals surface area (Å²) in [5.41, 5.74) is 3.82. The first-order valence-electron chi connectivity index (χ1n) is 8.19. The summed E-state index contributed by atoms with van der Waals surface area (Å²) in [6.07, 6.45) is 7.19. The van der Waals surface area contributed by atoms with Crippen LogP contribution in [-0.2, 0) is 12.8 Å². The summed E-state index contributed by atoms with van der Waals surface area (Å²) in [7, 11) is 1.75. The van der Waals surface area contributed by atoms with Crippen LogP contribution in [0.15, 0.2) is 16.5 Å². The fourth-order valence-corrected chi connectivity index (χ4v) is 3.89. The molecule has 1 fully saturated rings. The molecule has 0 amide bonds. The quantitative estimate of drug-likeness (QED) is 0.911. The fraction of sp³-hybridized carbons (Fsp3) is 0.556. The predicted octanol–water partition coefficient (Wildman–Crippen LogP) is 3.79. The zero-order valence-corrected chi connectivity index (χ0v) is 12.7. The van der Waals surface area contributed by atoms with E-state index in [1.165, 1.54) is 48.0 Å². The maximum Gasteiger partial charge on any atom is 0.176 e. The highest BCUT2D eigenvalue weighted by molar-refractivity contribution is 5.88. The average molecular weight is 285 g/mol. The Morgan fingerprint density at radius 1 is 1.14 bits per heavy atom. The number of nitrogens with one attached hydrogen (secondary N) is 1. The molecule has 1 aliphatic carbocycles. The van der Waals surface area contributed by atoms with E-state index in [1.807, 2.05) is 0 Å². The Morgan fingerprint density at radius 3 is 2.76 bits per heavy atom. The van der Waals surface area contributed by atoms with E-state index < -0.39 is 0 Å². The van der Waals surface area contributed by atoms with Gasteiger partial charge in [0.25, 0.3) is 0 Å². The summed E-state index contributed by atoms with van der Waals surface area (Å²) in [6, 6.07) is 4.58. The lowest BCUT2D eigenvalue weighted by Crippen LogP contribution is -2.26. The molecule has 1 aromatic heterocycles. The molecule has 2 aromatic rings. The van der Waals surface area contributed by atoms with Crippen LogP contribution >= 0.6 is 0 Å². The number of hydrogen-bond donors (Lipinski definition) is 1. The average Bonchev–Trinajstić information content (AvgIpc) is 2.93. The normalized spacial score (nSPS) is 19.7. The van der Waals surface area contributed by atoms with Crippen molar-refractivity contribution in [3.05, 3.63) is 29.0 Å². The maximum absolute atomic E-state index is 6.12. The second-order valence-corrected chi connectivity index (χ2v) is 6.34. The number of piperidine rings is 1. The van der Waals surface area contributed by atoms with Gasteiger partial charge in [0.15, 0.2) is 11.3 Å². The van der Waals surface area contributed by atoms with Crippen molar-refractivity contribution in [1.82, 2.24) is 5.32 Å². The molecule has 0 radical (unpaired) electrons. The van der Waals surface area contributed by atoms with Gasteiger partial charge in [0, 0.05) is 17.4 Å². The van der Waals surface area contributed by atoms with Crippen LogP contribution in [0.25, 0.3) is 11.0 Å². The Labute approximate surface area is 125 Å². The lowest BCUT2D eigenvalue weighted by atomic mass is 9.88. The van der Waals surface area contributed by atoms with Gasteiger partial charge < -0.3 is 14.5 Å². The van der Waals surface area contributed by atoms with Crippen LogP contribution in [-0.4, -0.2) is 20.2 Å². The summed E-state index contributed by atoms with van der Waals surface area (Å²) in [5.74, 6) is 2.76. The van der Waals surface area contributed by atoms with Crippen molar-refractivity contribution in [2.75, 3.05) is 20.2 Å². The number of furan rings is 1. The third kappa shape index (κ3) is 2.24. The van der Waals surface area contributed by atoms with Gasteiger partial charge in [-0.3, -0.25) is 0 Å². The van der Waals surface area contributed by atoms with Gasteiger partial charge in [-0.25, -0.2) is 0 Å². The molecule has 1 saturated heterocycles. The van der Waals surface area contributed by atoms with Crippen molar-refractivity contribution in [3.63, 3.8) is 0 Å². The number of methoxy groups -OCH3 is 1. The van der Waals surface area contributed by atoms with Crippen LogP contribution in [0.3, 0.4) is 0 Å². The van der Waals surface area contributed by atoms with E-state index in [2.05, 4.69) is 17.4 Å². The summed E-state index contributed by atoms with van der Waals surface area (Å²) < 4.78 is 11.7. The Kier molecular flexibility index (Phi) is 3.38. The van der Waals surface area contributed by atoms with Crippen LogP contribution in [0.1, 0.15) is 48.5 Å².